The van der Waals surface area contributed by atoms with Crippen LogP contribution in [0.4, 0.5) is 13.2 Å². The van der Waals surface area contributed by atoms with Crippen molar-refractivity contribution in [2.45, 2.75) is 18.6 Å². The summed E-state index contributed by atoms with van der Waals surface area (Å²) in [4.78, 5) is 0. The summed E-state index contributed by atoms with van der Waals surface area (Å²) in [5, 5.41) is 0. The highest BCUT2D eigenvalue weighted by atomic mass is 28.4. The molecule has 1 aromatic carbocycles. The minimum Gasteiger partial charge on any atom is -0.377 e. The molecule has 1 aromatic rings. The van der Waals surface area contributed by atoms with E-state index in [1.54, 1.807) is 0 Å². The molecule has 0 unspecified atom stereocenters. The van der Waals surface area contributed by atoms with Crippen molar-refractivity contribution in [1.29, 1.82) is 0 Å². The van der Waals surface area contributed by atoms with Crippen LogP contribution in [0.25, 0.3) is 0 Å². The van der Waals surface area contributed by atoms with Crippen molar-refractivity contribution in [3.05, 3.63) is 35.4 Å². The highest BCUT2D eigenvalue weighted by Gasteiger charge is 2.37. The van der Waals surface area contributed by atoms with Gasteiger partial charge < -0.3 is 13.3 Å². The minimum atomic E-state index is -4.30. The summed E-state index contributed by atoms with van der Waals surface area (Å²) >= 11 is 0. The first-order valence-corrected chi connectivity index (χ1v) is 7.61. The fourth-order valence-corrected chi connectivity index (χ4v) is 3.42. The van der Waals surface area contributed by atoms with Crippen LogP contribution in [0.5, 0.6) is 0 Å². The van der Waals surface area contributed by atoms with Crippen LogP contribution in [0.2, 0.25) is 6.04 Å². The van der Waals surface area contributed by atoms with Gasteiger partial charge in [0.15, 0.2) is 0 Å². The molecule has 0 saturated heterocycles. The summed E-state index contributed by atoms with van der Waals surface area (Å²) < 4.78 is 53.0. The van der Waals surface area contributed by atoms with Crippen LogP contribution in [0.1, 0.15) is 11.1 Å². The Morgan fingerprint density at radius 2 is 1.42 bits per heavy atom. The van der Waals surface area contributed by atoms with Crippen LogP contribution in [0, 0.1) is 0 Å². The topological polar surface area (TPSA) is 27.7 Å². The summed E-state index contributed by atoms with van der Waals surface area (Å²) in [7, 11) is 1.85. The normalized spacial score (nSPS) is 12.7. The van der Waals surface area contributed by atoms with Crippen molar-refractivity contribution in [3.8, 4) is 0 Å². The van der Waals surface area contributed by atoms with E-state index in [0.717, 1.165) is 17.7 Å². The minimum absolute atomic E-state index is 0.516. The lowest BCUT2D eigenvalue weighted by Gasteiger charge is -2.24. The van der Waals surface area contributed by atoms with Gasteiger partial charge in [-0.3, -0.25) is 0 Å². The Kier molecular flexibility index (Phi) is 5.54. The molecule has 3 nitrogen and oxygen atoms in total. The monoisotopic (exact) mass is 294 g/mol. The summed E-state index contributed by atoms with van der Waals surface area (Å²) in [6.45, 7) is 0. The Bertz CT molecular complexity index is 380. The van der Waals surface area contributed by atoms with Crippen molar-refractivity contribution in [2.75, 3.05) is 21.3 Å². The quantitative estimate of drug-likeness (QED) is 0.754. The Labute approximate surface area is 111 Å². The Morgan fingerprint density at radius 1 is 0.947 bits per heavy atom. The molecule has 0 bridgehead atoms. The van der Waals surface area contributed by atoms with Gasteiger partial charge in [-0.15, -0.1) is 0 Å². The molecule has 7 heteroatoms. The molecular weight excluding hydrogens is 277 g/mol. The van der Waals surface area contributed by atoms with E-state index < -0.39 is 20.5 Å². The summed E-state index contributed by atoms with van der Waals surface area (Å²) in [6, 6.07) is 5.59. The van der Waals surface area contributed by atoms with E-state index in [1.807, 2.05) is 0 Å². The van der Waals surface area contributed by atoms with E-state index in [0.29, 0.717) is 12.5 Å². The maximum Gasteiger partial charge on any atom is 0.500 e. The highest BCUT2D eigenvalue weighted by molar-refractivity contribution is 6.60. The van der Waals surface area contributed by atoms with Crippen molar-refractivity contribution >= 4 is 8.80 Å². The second-order valence-corrected chi connectivity index (χ2v) is 7.08. The van der Waals surface area contributed by atoms with Crippen LogP contribution in [-0.4, -0.2) is 30.1 Å². The van der Waals surface area contributed by atoms with Crippen LogP contribution in [0.15, 0.2) is 24.3 Å². The van der Waals surface area contributed by atoms with E-state index in [2.05, 4.69) is 0 Å². The van der Waals surface area contributed by atoms with Crippen molar-refractivity contribution in [1.82, 2.24) is 0 Å². The molecule has 0 atom stereocenters. The molecule has 0 fully saturated rings. The van der Waals surface area contributed by atoms with E-state index in [4.69, 9.17) is 13.3 Å². The molecule has 108 valence electrons. The lowest BCUT2D eigenvalue weighted by Crippen LogP contribution is -2.43. The number of benzene rings is 1. The lowest BCUT2D eigenvalue weighted by molar-refractivity contribution is -0.137. The molecule has 19 heavy (non-hydrogen) atoms. The molecule has 0 saturated carbocycles. The summed E-state index contributed by atoms with van der Waals surface area (Å²) in [5.74, 6) is 0. The second kappa shape index (κ2) is 6.51. The van der Waals surface area contributed by atoms with Gasteiger partial charge >= 0.3 is 15.0 Å². The van der Waals surface area contributed by atoms with Crippen LogP contribution in [0.3, 0.4) is 0 Å². The number of aryl methyl sites for hydroxylation is 1. The molecule has 0 aliphatic rings. The fraction of sp³-hybridized carbons (Fsp3) is 0.500. The van der Waals surface area contributed by atoms with Crippen molar-refractivity contribution in [2.24, 2.45) is 0 Å². The predicted molar refractivity (Wildman–Crippen MR) is 66.7 cm³/mol. The Balaban J connectivity index is 2.69. The van der Waals surface area contributed by atoms with E-state index in [9.17, 15) is 13.2 Å². The van der Waals surface area contributed by atoms with Gasteiger partial charge in [0.05, 0.1) is 5.56 Å². The van der Waals surface area contributed by atoms with Gasteiger partial charge in [-0.25, -0.2) is 0 Å². The Morgan fingerprint density at radius 3 is 1.79 bits per heavy atom. The van der Waals surface area contributed by atoms with E-state index >= 15 is 0 Å². The zero-order valence-corrected chi connectivity index (χ0v) is 12.1. The maximum atomic E-state index is 12.4. The van der Waals surface area contributed by atoms with Gasteiger partial charge in [0, 0.05) is 27.4 Å². The van der Waals surface area contributed by atoms with Gasteiger partial charge in [0.2, 0.25) is 0 Å². The van der Waals surface area contributed by atoms with Crippen molar-refractivity contribution < 1.29 is 26.4 Å². The average molecular weight is 294 g/mol. The molecule has 0 aliphatic carbocycles. The van der Waals surface area contributed by atoms with Gasteiger partial charge in [0.25, 0.3) is 0 Å². The van der Waals surface area contributed by atoms with Gasteiger partial charge in [-0.1, -0.05) is 12.1 Å². The number of hydrogen-bond donors (Lipinski definition) is 0. The van der Waals surface area contributed by atoms with E-state index in [1.165, 1.54) is 33.5 Å². The third-order valence-corrected chi connectivity index (χ3v) is 5.66. The van der Waals surface area contributed by atoms with Gasteiger partial charge in [-0.2, -0.15) is 13.2 Å². The zero-order valence-electron chi connectivity index (χ0n) is 11.1. The van der Waals surface area contributed by atoms with Crippen LogP contribution in [-0.2, 0) is 25.9 Å². The number of halogens is 3. The largest absolute Gasteiger partial charge is 0.500 e. The average Bonchev–Trinajstić information content (AvgIpc) is 2.40. The molecule has 0 aliphatic heterocycles. The third kappa shape index (κ3) is 4.31. The fourth-order valence-electron chi connectivity index (χ4n) is 1.71. The lowest BCUT2D eigenvalue weighted by atomic mass is 10.1. The third-order valence-electron chi connectivity index (χ3n) is 2.93. The van der Waals surface area contributed by atoms with Crippen molar-refractivity contribution in [3.63, 3.8) is 0 Å². The molecule has 0 amide bonds. The summed E-state index contributed by atoms with van der Waals surface area (Å²) in [5.41, 5.74) is 0.140. The molecule has 1 rings (SSSR count). The zero-order chi connectivity index (χ0) is 14.5. The van der Waals surface area contributed by atoms with Gasteiger partial charge in [0.1, 0.15) is 0 Å². The smallest absolute Gasteiger partial charge is 0.377 e. The molecule has 0 radical (unpaired) electrons. The van der Waals surface area contributed by atoms with Crippen LogP contribution < -0.4 is 0 Å². The summed E-state index contributed by atoms with van der Waals surface area (Å²) in [6.07, 6.45) is -3.76. The Hall–Kier alpha value is -0.893. The second-order valence-electron chi connectivity index (χ2n) is 3.99. The first kappa shape index (κ1) is 16.2. The SMILES string of the molecule is CO[Si](CCc1ccc(C(F)(F)F)cc1)(OC)OC. The number of alkyl halides is 3. The molecule has 0 N–H and O–H groups in total. The number of rotatable bonds is 6. The standard InChI is InChI=1S/C12H17F3O3Si/c1-16-19(17-2,18-3)9-8-10-4-6-11(7-5-10)12(13,14)15/h4-7H,8-9H2,1-3H3. The first-order chi connectivity index (χ1) is 8.87. The molecule has 0 spiro atoms. The van der Waals surface area contributed by atoms with Crippen LogP contribution >= 0.6 is 0 Å². The predicted octanol–water partition coefficient (Wildman–Crippen LogP) is 3.13. The first-order valence-electron chi connectivity index (χ1n) is 5.68. The van der Waals surface area contributed by atoms with Gasteiger partial charge in [-0.05, 0) is 24.1 Å². The molecular formula is C12H17F3O3Si. The molecule has 0 aromatic heterocycles. The molecule has 0 heterocycles. The number of hydrogen-bond acceptors (Lipinski definition) is 3. The van der Waals surface area contributed by atoms with E-state index in [-0.39, 0.29) is 0 Å². The highest BCUT2D eigenvalue weighted by Crippen LogP contribution is 2.29. The maximum absolute atomic E-state index is 12.4.